The Morgan fingerprint density at radius 2 is 2.40 bits per heavy atom. The number of nitrogens with zero attached hydrogens (tertiary/aromatic N) is 4. The van der Waals surface area contributed by atoms with E-state index in [0.717, 1.165) is 30.5 Å². The number of imidazole rings is 1. The Kier molecular flexibility index (Phi) is 3.17. The normalized spacial score (nSPS) is 10.5. The van der Waals surface area contributed by atoms with Gasteiger partial charge in [0.15, 0.2) is 11.0 Å². The van der Waals surface area contributed by atoms with Crippen molar-refractivity contribution in [3.8, 4) is 0 Å². The number of nitrogens with one attached hydrogen (secondary N) is 1. The van der Waals surface area contributed by atoms with Crippen molar-refractivity contribution in [2.24, 2.45) is 7.05 Å². The highest BCUT2D eigenvalue weighted by atomic mass is 35.5. The molecular weight excluding hydrogens is 234 g/mol. The molecule has 0 aliphatic heterocycles. The first-order valence-corrected chi connectivity index (χ1v) is 5.56. The standard InChI is InChI=1S/C8H10ClN5S/c1-14-5-4-10-6(14)2-3-11-8-7(9)12-15-13-8/h4-5H,2-3H2,1H3,(H,11,13). The molecule has 0 fully saturated rings. The van der Waals surface area contributed by atoms with Crippen LogP contribution in [0.5, 0.6) is 0 Å². The van der Waals surface area contributed by atoms with Gasteiger partial charge in [0.2, 0.25) is 0 Å². The molecule has 0 saturated heterocycles. The van der Waals surface area contributed by atoms with E-state index in [2.05, 4.69) is 19.0 Å². The number of aryl methyl sites for hydroxylation is 1. The first-order chi connectivity index (χ1) is 7.27. The van der Waals surface area contributed by atoms with E-state index in [1.165, 1.54) is 0 Å². The second kappa shape index (κ2) is 4.59. The highest BCUT2D eigenvalue weighted by Crippen LogP contribution is 2.17. The lowest BCUT2D eigenvalue weighted by atomic mass is 10.4. The third kappa shape index (κ3) is 2.45. The number of anilines is 1. The van der Waals surface area contributed by atoms with E-state index in [0.29, 0.717) is 11.0 Å². The molecule has 0 aliphatic rings. The van der Waals surface area contributed by atoms with Crippen molar-refractivity contribution < 1.29 is 0 Å². The molecule has 0 aromatic carbocycles. The SMILES string of the molecule is Cn1ccnc1CCNc1nsnc1Cl. The lowest BCUT2D eigenvalue weighted by Crippen LogP contribution is -2.08. The summed E-state index contributed by atoms with van der Waals surface area (Å²) in [6.45, 7) is 0.746. The molecule has 1 N–H and O–H groups in total. The van der Waals surface area contributed by atoms with Crippen LogP contribution in [0.1, 0.15) is 5.82 Å². The fourth-order valence-corrected chi connectivity index (χ4v) is 1.90. The van der Waals surface area contributed by atoms with Crippen molar-refractivity contribution in [1.82, 2.24) is 18.3 Å². The van der Waals surface area contributed by atoms with Crippen molar-refractivity contribution in [1.29, 1.82) is 0 Å². The van der Waals surface area contributed by atoms with Crippen LogP contribution < -0.4 is 5.32 Å². The molecule has 2 heterocycles. The molecule has 0 unspecified atom stereocenters. The lowest BCUT2D eigenvalue weighted by Gasteiger charge is -2.03. The fraction of sp³-hybridized carbons (Fsp3) is 0.375. The average Bonchev–Trinajstić information content (AvgIpc) is 2.78. The molecule has 7 heteroatoms. The van der Waals surface area contributed by atoms with Crippen LogP contribution in [0.25, 0.3) is 0 Å². The average molecular weight is 244 g/mol. The second-order valence-corrected chi connectivity index (χ2v) is 3.92. The van der Waals surface area contributed by atoms with Crippen LogP contribution in [0.2, 0.25) is 5.15 Å². The number of hydrogen-bond donors (Lipinski definition) is 1. The van der Waals surface area contributed by atoms with Gasteiger partial charge in [-0.1, -0.05) is 11.6 Å². The Balaban J connectivity index is 1.86. The molecule has 2 rings (SSSR count). The van der Waals surface area contributed by atoms with Gasteiger partial charge >= 0.3 is 0 Å². The van der Waals surface area contributed by atoms with Crippen molar-refractivity contribution in [2.45, 2.75) is 6.42 Å². The Morgan fingerprint density at radius 3 is 3.00 bits per heavy atom. The van der Waals surface area contributed by atoms with Gasteiger partial charge in [0, 0.05) is 32.4 Å². The predicted molar refractivity (Wildman–Crippen MR) is 60.3 cm³/mol. The summed E-state index contributed by atoms with van der Waals surface area (Å²) in [5.41, 5.74) is 0. The summed E-state index contributed by atoms with van der Waals surface area (Å²) < 4.78 is 9.87. The Morgan fingerprint density at radius 1 is 1.53 bits per heavy atom. The lowest BCUT2D eigenvalue weighted by molar-refractivity contribution is 0.789. The molecule has 0 spiro atoms. The van der Waals surface area contributed by atoms with Crippen molar-refractivity contribution in [3.05, 3.63) is 23.4 Å². The first kappa shape index (κ1) is 10.4. The minimum absolute atomic E-state index is 0.430. The Labute approximate surface area is 96.4 Å². The van der Waals surface area contributed by atoms with Crippen LogP contribution in [-0.2, 0) is 13.5 Å². The minimum atomic E-state index is 0.430. The number of halogens is 1. The van der Waals surface area contributed by atoms with E-state index in [9.17, 15) is 0 Å². The third-order valence-electron chi connectivity index (χ3n) is 2.01. The van der Waals surface area contributed by atoms with Crippen molar-refractivity contribution >= 4 is 29.1 Å². The molecule has 0 saturated carbocycles. The quantitative estimate of drug-likeness (QED) is 0.886. The molecule has 2 aromatic rings. The summed E-state index contributed by atoms with van der Waals surface area (Å²) in [4.78, 5) is 4.21. The van der Waals surface area contributed by atoms with Gasteiger partial charge in [0.1, 0.15) is 5.82 Å². The summed E-state index contributed by atoms with van der Waals surface area (Å²) in [5.74, 6) is 1.68. The van der Waals surface area contributed by atoms with E-state index in [4.69, 9.17) is 11.6 Å². The van der Waals surface area contributed by atoms with Gasteiger partial charge in [-0.25, -0.2) is 4.98 Å². The molecular formula is C8H10ClN5S. The Bertz CT molecular complexity index is 397. The van der Waals surface area contributed by atoms with Crippen LogP contribution in [-0.4, -0.2) is 24.8 Å². The predicted octanol–water partition coefficient (Wildman–Crippen LogP) is 1.58. The monoisotopic (exact) mass is 243 g/mol. The molecule has 0 amide bonds. The summed E-state index contributed by atoms with van der Waals surface area (Å²) >= 11 is 6.89. The molecule has 15 heavy (non-hydrogen) atoms. The van der Waals surface area contributed by atoms with E-state index < -0.39 is 0 Å². The zero-order valence-electron chi connectivity index (χ0n) is 8.14. The zero-order chi connectivity index (χ0) is 10.7. The van der Waals surface area contributed by atoms with Crippen LogP contribution in [0, 0.1) is 0 Å². The molecule has 80 valence electrons. The summed E-state index contributed by atoms with van der Waals surface area (Å²) in [7, 11) is 1.97. The van der Waals surface area contributed by atoms with Crippen LogP contribution >= 0.6 is 23.3 Å². The second-order valence-electron chi connectivity index (χ2n) is 3.03. The molecule has 0 bridgehead atoms. The van der Waals surface area contributed by atoms with Gasteiger partial charge < -0.3 is 9.88 Å². The zero-order valence-corrected chi connectivity index (χ0v) is 9.72. The topological polar surface area (TPSA) is 55.6 Å². The maximum absolute atomic E-state index is 5.79. The van der Waals surface area contributed by atoms with Gasteiger partial charge in [-0.05, 0) is 0 Å². The van der Waals surface area contributed by atoms with Crippen LogP contribution in [0.4, 0.5) is 5.82 Å². The molecule has 5 nitrogen and oxygen atoms in total. The molecule has 0 atom stereocenters. The summed E-state index contributed by atoms with van der Waals surface area (Å²) in [5, 5.41) is 3.54. The van der Waals surface area contributed by atoms with E-state index in [1.807, 2.05) is 17.8 Å². The number of rotatable bonds is 4. The minimum Gasteiger partial charge on any atom is -0.366 e. The summed E-state index contributed by atoms with van der Waals surface area (Å²) in [6.07, 6.45) is 4.54. The van der Waals surface area contributed by atoms with Crippen LogP contribution in [0.3, 0.4) is 0 Å². The number of aromatic nitrogens is 4. The first-order valence-electron chi connectivity index (χ1n) is 4.45. The van der Waals surface area contributed by atoms with Gasteiger partial charge in [0.05, 0.1) is 11.7 Å². The smallest absolute Gasteiger partial charge is 0.186 e. The molecule has 0 aliphatic carbocycles. The maximum Gasteiger partial charge on any atom is 0.186 e. The van der Waals surface area contributed by atoms with Gasteiger partial charge in [0.25, 0.3) is 0 Å². The molecule has 2 aromatic heterocycles. The van der Waals surface area contributed by atoms with Crippen LogP contribution in [0.15, 0.2) is 12.4 Å². The van der Waals surface area contributed by atoms with Crippen molar-refractivity contribution in [2.75, 3.05) is 11.9 Å². The van der Waals surface area contributed by atoms with Crippen molar-refractivity contribution in [3.63, 3.8) is 0 Å². The highest BCUT2D eigenvalue weighted by molar-refractivity contribution is 6.99. The largest absolute Gasteiger partial charge is 0.366 e. The van der Waals surface area contributed by atoms with E-state index in [1.54, 1.807) is 6.20 Å². The van der Waals surface area contributed by atoms with E-state index in [-0.39, 0.29) is 0 Å². The van der Waals surface area contributed by atoms with Gasteiger partial charge in [-0.3, -0.25) is 0 Å². The summed E-state index contributed by atoms with van der Waals surface area (Å²) in [6, 6.07) is 0. The maximum atomic E-state index is 5.79. The number of hydrogen-bond acceptors (Lipinski definition) is 5. The van der Waals surface area contributed by atoms with Gasteiger partial charge in [-0.15, -0.1) is 0 Å². The van der Waals surface area contributed by atoms with Gasteiger partial charge in [-0.2, -0.15) is 8.75 Å². The Hall–Kier alpha value is -1.14. The highest BCUT2D eigenvalue weighted by Gasteiger charge is 2.04. The molecule has 0 radical (unpaired) electrons. The third-order valence-corrected chi connectivity index (χ3v) is 2.90. The fourth-order valence-electron chi connectivity index (χ4n) is 1.21. The van der Waals surface area contributed by atoms with E-state index >= 15 is 0 Å².